The molecule has 0 unspecified atom stereocenters. The van der Waals surface area contributed by atoms with Gasteiger partial charge in [-0.15, -0.1) is 6.58 Å². The molecule has 0 spiro atoms. The van der Waals surface area contributed by atoms with Crippen molar-refractivity contribution in [3.8, 4) is 0 Å². The Morgan fingerprint density at radius 2 is 1.75 bits per heavy atom. The van der Waals surface area contributed by atoms with E-state index < -0.39 is 0 Å². The minimum atomic E-state index is 0.619. The highest BCUT2D eigenvalue weighted by Gasteiger charge is 1.93. The fourth-order valence-corrected chi connectivity index (χ4v) is 1.51. The van der Waals surface area contributed by atoms with Crippen molar-refractivity contribution in [1.29, 1.82) is 0 Å². The van der Waals surface area contributed by atoms with Crippen LogP contribution in [0.2, 0.25) is 0 Å². The number of rotatable bonds is 12. The Balaban J connectivity index is 2.90. The van der Waals surface area contributed by atoms with Crippen LogP contribution in [0.5, 0.6) is 0 Å². The zero-order valence-electron chi connectivity index (χ0n) is 11.1. The molecule has 2 nitrogen and oxygen atoms in total. The Labute approximate surface area is 101 Å². The molecule has 0 aromatic carbocycles. The summed E-state index contributed by atoms with van der Waals surface area (Å²) in [6.07, 6.45) is 9.23. The van der Waals surface area contributed by atoms with Gasteiger partial charge in [0.1, 0.15) is 0 Å². The molecule has 16 heavy (non-hydrogen) atoms. The maximum atomic E-state index is 5.52. The van der Waals surface area contributed by atoms with Crippen LogP contribution in [-0.2, 0) is 4.74 Å². The Morgan fingerprint density at radius 1 is 1.06 bits per heavy atom. The van der Waals surface area contributed by atoms with Gasteiger partial charge in [0.05, 0.1) is 0 Å². The van der Waals surface area contributed by atoms with E-state index in [0.29, 0.717) is 6.04 Å². The highest BCUT2D eigenvalue weighted by molar-refractivity contribution is 4.64. The smallest absolute Gasteiger partial charge is 0.0468 e. The van der Waals surface area contributed by atoms with Crippen LogP contribution in [0.4, 0.5) is 0 Å². The maximum Gasteiger partial charge on any atom is 0.0468 e. The Kier molecular flexibility index (Phi) is 12.5. The van der Waals surface area contributed by atoms with Crippen LogP contribution in [0.15, 0.2) is 12.7 Å². The van der Waals surface area contributed by atoms with Gasteiger partial charge >= 0.3 is 0 Å². The summed E-state index contributed by atoms with van der Waals surface area (Å²) >= 11 is 0. The van der Waals surface area contributed by atoms with Gasteiger partial charge in [0, 0.05) is 19.3 Å². The highest BCUT2D eigenvalue weighted by Crippen LogP contribution is 2.00. The molecule has 0 aromatic heterocycles. The van der Waals surface area contributed by atoms with Gasteiger partial charge in [0.25, 0.3) is 0 Å². The van der Waals surface area contributed by atoms with Crippen molar-refractivity contribution >= 4 is 0 Å². The molecule has 0 radical (unpaired) electrons. The molecule has 0 aliphatic carbocycles. The zero-order valence-corrected chi connectivity index (χ0v) is 11.1. The predicted molar refractivity (Wildman–Crippen MR) is 71.9 cm³/mol. The molecule has 0 saturated heterocycles. The summed E-state index contributed by atoms with van der Waals surface area (Å²) in [6.45, 7) is 11.0. The molecular weight excluding hydrogens is 198 g/mol. The van der Waals surface area contributed by atoms with Gasteiger partial charge in [-0.05, 0) is 32.2 Å². The number of ether oxygens (including phenoxy) is 1. The Bertz CT molecular complexity index is 146. The molecule has 0 atom stereocenters. The van der Waals surface area contributed by atoms with Crippen LogP contribution in [0.25, 0.3) is 0 Å². The maximum absolute atomic E-state index is 5.52. The molecule has 1 N–H and O–H groups in total. The lowest BCUT2D eigenvalue weighted by Gasteiger charge is -2.07. The second-order valence-electron chi connectivity index (χ2n) is 4.57. The second-order valence-corrected chi connectivity index (χ2v) is 4.57. The van der Waals surface area contributed by atoms with E-state index in [1.165, 1.54) is 25.7 Å². The van der Waals surface area contributed by atoms with E-state index in [-0.39, 0.29) is 0 Å². The summed E-state index contributed by atoms with van der Waals surface area (Å²) in [5.74, 6) is 0. The summed E-state index contributed by atoms with van der Waals surface area (Å²) in [7, 11) is 0. The number of unbranched alkanes of at least 4 members (excludes halogenated alkanes) is 4. The molecule has 0 bridgehead atoms. The third-order valence-electron chi connectivity index (χ3n) is 2.46. The molecule has 0 fully saturated rings. The monoisotopic (exact) mass is 227 g/mol. The summed E-state index contributed by atoms with van der Waals surface area (Å²) in [5.41, 5.74) is 0. The van der Waals surface area contributed by atoms with Gasteiger partial charge in [0.2, 0.25) is 0 Å². The molecule has 96 valence electrons. The first kappa shape index (κ1) is 15.7. The molecule has 0 aliphatic heterocycles. The van der Waals surface area contributed by atoms with Gasteiger partial charge in [0.15, 0.2) is 0 Å². The first-order chi connectivity index (χ1) is 7.77. The summed E-state index contributed by atoms with van der Waals surface area (Å²) in [6, 6.07) is 0.619. The van der Waals surface area contributed by atoms with Crippen molar-refractivity contribution in [2.24, 2.45) is 0 Å². The van der Waals surface area contributed by atoms with E-state index >= 15 is 0 Å². The summed E-state index contributed by atoms with van der Waals surface area (Å²) < 4.78 is 5.52. The minimum absolute atomic E-state index is 0.619. The van der Waals surface area contributed by atoms with Crippen molar-refractivity contribution in [2.45, 2.75) is 58.4 Å². The van der Waals surface area contributed by atoms with Gasteiger partial charge in [-0.3, -0.25) is 0 Å². The van der Waals surface area contributed by atoms with E-state index in [9.17, 15) is 0 Å². The molecule has 0 amide bonds. The highest BCUT2D eigenvalue weighted by atomic mass is 16.5. The van der Waals surface area contributed by atoms with Crippen LogP contribution in [0.3, 0.4) is 0 Å². The molecular formula is C14H29NO. The van der Waals surface area contributed by atoms with Crippen LogP contribution in [-0.4, -0.2) is 25.8 Å². The van der Waals surface area contributed by atoms with Crippen LogP contribution in [0.1, 0.15) is 52.4 Å². The van der Waals surface area contributed by atoms with E-state index in [0.717, 1.165) is 32.6 Å². The van der Waals surface area contributed by atoms with Crippen LogP contribution in [0, 0.1) is 0 Å². The van der Waals surface area contributed by atoms with E-state index in [4.69, 9.17) is 4.74 Å². The first-order valence-corrected chi connectivity index (χ1v) is 6.69. The molecule has 2 heteroatoms. The van der Waals surface area contributed by atoms with Crippen molar-refractivity contribution in [3.63, 3.8) is 0 Å². The fourth-order valence-electron chi connectivity index (χ4n) is 1.51. The normalized spacial score (nSPS) is 10.9. The topological polar surface area (TPSA) is 21.3 Å². The van der Waals surface area contributed by atoms with Crippen molar-refractivity contribution in [3.05, 3.63) is 12.7 Å². The van der Waals surface area contributed by atoms with Crippen LogP contribution >= 0.6 is 0 Å². The largest absolute Gasteiger partial charge is 0.381 e. The SMILES string of the molecule is C=CCCCOCCCCCCNC(C)C. The lowest BCUT2D eigenvalue weighted by molar-refractivity contribution is 0.128. The molecule has 0 rings (SSSR count). The number of allylic oxidation sites excluding steroid dienone is 1. The quantitative estimate of drug-likeness (QED) is 0.407. The lowest BCUT2D eigenvalue weighted by atomic mass is 10.2. The van der Waals surface area contributed by atoms with Gasteiger partial charge < -0.3 is 10.1 Å². The van der Waals surface area contributed by atoms with Gasteiger partial charge in [-0.25, -0.2) is 0 Å². The minimum Gasteiger partial charge on any atom is -0.381 e. The standard InChI is InChI=1S/C14H29NO/c1-4-5-9-12-16-13-10-7-6-8-11-15-14(2)3/h4,14-15H,1,5-13H2,2-3H3. The zero-order chi connectivity index (χ0) is 12.1. The van der Waals surface area contributed by atoms with Gasteiger partial charge in [-0.1, -0.05) is 32.8 Å². The summed E-state index contributed by atoms with van der Waals surface area (Å²) in [5, 5.41) is 3.43. The number of nitrogens with one attached hydrogen (secondary N) is 1. The second kappa shape index (κ2) is 12.7. The summed E-state index contributed by atoms with van der Waals surface area (Å²) in [4.78, 5) is 0. The molecule has 0 heterocycles. The van der Waals surface area contributed by atoms with E-state index in [2.05, 4.69) is 25.7 Å². The van der Waals surface area contributed by atoms with Crippen molar-refractivity contribution < 1.29 is 4.74 Å². The average Bonchev–Trinajstić information content (AvgIpc) is 2.25. The predicted octanol–water partition coefficient (Wildman–Crippen LogP) is 3.53. The molecule has 0 aromatic rings. The van der Waals surface area contributed by atoms with Crippen LogP contribution < -0.4 is 5.32 Å². The molecule has 0 aliphatic rings. The Morgan fingerprint density at radius 3 is 2.44 bits per heavy atom. The fraction of sp³-hybridized carbons (Fsp3) is 0.857. The average molecular weight is 227 g/mol. The van der Waals surface area contributed by atoms with Crippen molar-refractivity contribution in [2.75, 3.05) is 19.8 Å². The third-order valence-corrected chi connectivity index (χ3v) is 2.46. The van der Waals surface area contributed by atoms with E-state index in [1.807, 2.05) is 6.08 Å². The number of hydrogen-bond acceptors (Lipinski definition) is 2. The first-order valence-electron chi connectivity index (χ1n) is 6.69. The van der Waals surface area contributed by atoms with E-state index in [1.54, 1.807) is 0 Å². The van der Waals surface area contributed by atoms with Crippen molar-refractivity contribution in [1.82, 2.24) is 5.32 Å². The lowest BCUT2D eigenvalue weighted by Crippen LogP contribution is -2.23. The van der Waals surface area contributed by atoms with Gasteiger partial charge in [-0.2, -0.15) is 0 Å². The molecule has 0 saturated carbocycles. The third kappa shape index (κ3) is 13.7. The number of hydrogen-bond donors (Lipinski definition) is 1. The Hall–Kier alpha value is -0.340.